The minimum absolute atomic E-state index is 0.236. The van der Waals surface area contributed by atoms with Crippen molar-refractivity contribution in [2.24, 2.45) is 11.8 Å². The van der Waals surface area contributed by atoms with E-state index in [1.54, 1.807) is 0 Å². The zero-order chi connectivity index (χ0) is 9.26. The number of nitrogens with one attached hydrogen (secondary N) is 1. The molecule has 3 nitrogen and oxygen atoms in total. The van der Waals surface area contributed by atoms with E-state index in [9.17, 15) is 4.79 Å². The Morgan fingerprint density at radius 2 is 2.31 bits per heavy atom. The lowest BCUT2D eigenvalue weighted by atomic mass is 9.96. The molecule has 2 saturated carbocycles. The Bertz CT molecular complexity index is 205. The first-order chi connectivity index (χ1) is 6.29. The van der Waals surface area contributed by atoms with Crippen LogP contribution in [-0.2, 0) is 4.74 Å². The Balaban J connectivity index is 1.79. The summed E-state index contributed by atoms with van der Waals surface area (Å²) >= 11 is 0. The van der Waals surface area contributed by atoms with Crippen LogP contribution in [0.3, 0.4) is 0 Å². The highest BCUT2D eigenvalue weighted by Gasteiger charge is 2.40. The second kappa shape index (κ2) is 3.56. The van der Waals surface area contributed by atoms with Crippen molar-refractivity contribution in [2.75, 3.05) is 6.61 Å². The van der Waals surface area contributed by atoms with Gasteiger partial charge in [-0.2, -0.15) is 0 Å². The van der Waals surface area contributed by atoms with Crippen LogP contribution >= 0.6 is 0 Å². The van der Waals surface area contributed by atoms with Gasteiger partial charge in [0.15, 0.2) is 0 Å². The average Bonchev–Trinajstić information content (AvgIpc) is 2.65. The Labute approximate surface area is 78.8 Å². The van der Waals surface area contributed by atoms with Crippen molar-refractivity contribution in [1.29, 1.82) is 0 Å². The molecule has 0 saturated heterocycles. The van der Waals surface area contributed by atoms with E-state index in [2.05, 4.69) is 5.32 Å². The third-order valence-corrected chi connectivity index (χ3v) is 3.32. The number of hydrogen-bond acceptors (Lipinski definition) is 2. The smallest absolute Gasteiger partial charge is 0.407 e. The SMILES string of the molecule is CCOC(=O)N[C@@H]1C[C@@H]2CC[C@@H]1C2. The van der Waals surface area contributed by atoms with Crippen LogP contribution in [0.2, 0.25) is 0 Å². The fourth-order valence-corrected chi connectivity index (χ4v) is 2.75. The standard InChI is InChI=1S/C10H17NO2/c1-2-13-10(12)11-9-6-7-3-4-8(9)5-7/h7-9H,2-6H2,1H3,(H,11,12)/t7-,8-,9-/m1/s1. The van der Waals surface area contributed by atoms with E-state index in [0.29, 0.717) is 12.6 Å². The fourth-order valence-electron chi connectivity index (χ4n) is 2.75. The zero-order valence-electron chi connectivity index (χ0n) is 8.08. The molecule has 74 valence electrons. The van der Waals surface area contributed by atoms with Gasteiger partial charge in [-0.3, -0.25) is 0 Å². The monoisotopic (exact) mass is 183 g/mol. The first-order valence-electron chi connectivity index (χ1n) is 5.23. The van der Waals surface area contributed by atoms with Crippen LogP contribution in [0.25, 0.3) is 0 Å². The average molecular weight is 183 g/mol. The van der Waals surface area contributed by atoms with E-state index in [1.165, 1.54) is 25.7 Å². The van der Waals surface area contributed by atoms with Crippen molar-refractivity contribution in [3.05, 3.63) is 0 Å². The molecule has 0 aromatic heterocycles. The molecule has 2 rings (SSSR count). The molecule has 13 heavy (non-hydrogen) atoms. The molecule has 2 aliphatic rings. The number of carbonyl (C=O) groups excluding carboxylic acids is 1. The number of rotatable bonds is 2. The number of ether oxygens (including phenoxy) is 1. The second-order valence-electron chi connectivity index (χ2n) is 4.15. The molecule has 3 heteroatoms. The summed E-state index contributed by atoms with van der Waals surface area (Å²) in [6.07, 6.45) is 4.91. The molecular formula is C10H17NO2. The molecule has 2 bridgehead atoms. The van der Waals surface area contributed by atoms with Gasteiger partial charge in [-0.05, 0) is 38.0 Å². The number of fused-ring (bicyclic) bond motifs is 2. The largest absolute Gasteiger partial charge is 0.450 e. The lowest BCUT2D eigenvalue weighted by molar-refractivity contribution is 0.143. The first-order valence-corrected chi connectivity index (χ1v) is 5.23. The van der Waals surface area contributed by atoms with E-state index in [4.69, 9.17) is 4.74 Å². The number of hydrogen-bond donors (Lipinski definition) is 1. The van der Waals surface area contributed by atoms with Gasteiger partial charge in [0.2, 0.25) is 0 Å². The molecule has 3 atom stereocenters. The predicted octanol–water partition coefficient (Wildman–Crippen LogP) is 1.92. The zero-order valence-corrected chi connectivity index (χ0v) is 8.08. The first kappa shape index (κ1) is 8.85. The Kier molecular flexibility index (Phi) is 2.42. The summed E-state index contributed by atoms with van der Waals surface area (Å²) < 4.78 is 4.86. The lowest BCUT2D eigenvalue weighted by Gasteiger charge is -2.22. The highest BCUT2D eigenvalue weighted by Crippen LogP contribution is 2.44. The summed E-state index contributed by atoms with van der Waals surface area (Å²) in [6.45, 7) is 2.30. The van der Waals surface area contributed by atoms with Crippen molar-refractivity contribution in [2.45, 2.75) is 38.6 Å². The third kappa shape index (κ3) is 1.79. The van der Waals surface area contributed by atoms with Crippen LogP contribution in [0.15, 0.2) is 0 Å². The van der Waals surface area contributed by atoms with E-state index < -0.39 is 0 Å². The molecule has 0 aliphatic heterocycles. The van der Waals surface area contributed by atoms with Crippen molar-refractivity contribution >= 4 is 6.09 Å². The molecule has 0 aromatic carbocycles. The van der Waals surface area contributed by atoms with Crippen LogP contribution in [0.4, 0.5) is 4.79 Å². The van der Waals surface area contributed by atoms with Gasteiger partial charge in [-0.15, -0.1) is 0 Å². The normalized spacial score (nSPS) is 36.2. The third-order valence-electron chi connectivity index (χ3n) is 3.32. The maximum atomic E-state index is 11.1. The predicted molar refractivity (Wildman–Crippen MR) is 49.4 cm³/mol. The highest BCUT2D eigenvalue weighted by molar-refractivity contribution is 5.67. The van der Waals surface area contributed by atoms with Gasteiger partial charge in [-0.25, -0.2) is 4.79 Å². The lowest BCUT2D eigenvalue weighted by Crippen LogP contribution is -2.38. The van der Waals surface area contributed by atoms with Gasteiger partial charge >= 0.3 is 6.09 Å². The van der Waals surface area contributed by atoms with Crippen molar-refractivity contribution in [3.63, 3.8) is 0 Å². The van der Waals surface area contributed by atoms with Gasteiger partial charge in [-0.1, -0.05) is 6.42 Å². The molecule has 0 heterocycles. The van der Waals surface area contributed by atoms with E-state index >= 15 is 0 Å². The quantitative estimate of drug-likeness (QED) is 0.710. The Morgan fingerprint density at radius 1 is 1.46 bits per heavy atom. The maximum Gasteiger partial charge on any atom is 0.407 e. The summed E-state index contributed by atoms with van der Waals surface area (Å²) in [6, 6.07) is 0.401. The topological polar surface area (TPSA) is 38.3 Å². The van der Waals surface area contributed by atoms with Crippen molar-refractivity contribution in [1.82, 2.24) is 5.32 Å². The summed E-state index contributed by atoms with van der Waals surface area (Å²) in [5, 5.41) is 2.95. The molecule has 2 aliphatic carbocycles. The number of amides is 1. The van der Waals surface area contributed by atoms with E-state index in [0.717, 1.165) is 11.8 Å². The molecule has 0 radical (unpaired) electrons. The highest BCUT2D eigenvalue weighted by atomic mass is 16.5. The van der Waals surface area contributed by atoms with E-state index in [-0.39, 0.29) is 6.09 Å². The van der Waals surface area contributed by atoms with Crippen molar-refractivity contribution < 1.29 is 9.53 Å². The number of alkyl carbamates (subject to hydrolysis) is 1. The minimum Gasteiger partial charge on any atom is -0.450 e. The molecular weight excluding hydrogens is 166 g/mol. The van der Waals surface area contributed by atoms with Crippen LogP contribution in [0.1, 0.15) is 32.6 Å². The second-order valence-corrected chi connectivity index (χ2v) is 4.15. The molecule has 1 amide bonds. The molecule has 0 aromatic rings. The van der Waals surface area contributed by atoms with Gasteiger partial charge < -0.3 is 10.1 Å². The maximum absolute atomic E-state index is 11.1. The summed E-state index contributed by atoms with van der Waals surface area (Å²) in [7, 11) is 0. The van der Waals surface area contributed by atoms with Gasteiger partial charge in [0.05, 0.1) is 6.61 Å². The summed E-state index contributed by atoms with van der Waals surface area (Å²) in [4.78, 5) is 11.1. The van der Waals surface area contributed by atoms with E-state index in [1.807, 2.05) is 6.92 Å². The van der Waals surface area contributed by atoms with Crippen molar-refractivity contribution in [3.8, 4) is 0 Å². The minimum atomic E-state index is -0.236. The fraction of sp³-hybridized carbons (Fsp3) is 0.900. The summed E-state index contributed by atoms with van der Waals surface area (Å²) in [5.41, 5.74) is 0. The molecule has 1 N–H and O–H groups in total. The Hall–Kier alpha value is -0.730. The Morgan fingerprint density at radius 3 is 2.85 bits per heavy atom. The van der Waals surface area contributed by atoms with Gasteiger partial charge in [0.25, 0.3) is 0 Å². The van der Waals surface area contributed by atoms with Crippen LogP contribution in [0.5, 0.6) is 0 Å². The summed E-state index contributed by atoms with van der Waals surface area (Å²) in [5.74, 6) is 1.60. The van der Waals surface area contributed by atoms with Crippen LogP contribution in [0, 0.1) is 11.8 Å². The van der Waals surface area contributed by atoms with Gasteiger partial charge in [0, 0.05) is 6.04 Å². The van der Waals surface area contributed by atoms with Crippen LogP contribution in [-0.4, -0.2) is 18.7 Å². The molecule has 0 unspecified atom stereocenters. The molecule has 2 fully saturated rings. The molecule has 0 spiro atoms. The number of carbonyl (C=O) groups is 1. The van der Waals surface area contributed by atoms with Gasteiger partial charge in [0.1, 0.15) is 0 Å². The van der Waals surface area contributed by atoms with Crippen LogP contribution < -0.4 is 5.32 Å².